The van der Waals surface area contributed by atoms with Crippen LogP contribution in [0.3, 0.4) is 0 Å². The number of alkyl halides is 2. The fourth-order valence-electron chi connectivity index (χ4n) is 2.93. The molecule has 3 rings (SSSR count). The Morgan fingerprint density at radius 1 is 1.09 bits per heavy atom. The molecule has 1 heterocycles. The third kappa shape index (κ3) is 6.00. The Labute approximate surface area is 183 Å². The molecule has 0 saturated carbocycles. The van der Waals surface area contributed by atoms with Gasteiger partial charge < -0.3 is 14.8 Å². The van der Waals surface area contributed by atoms with Gasteiger partial charge in [0.05, 0.1) is 22.8 Å². The van der Waals surface area contributed by atoms with Gasteiger partial charge in [-0.15, -0.1) is 0 Å². The highest BCUT2D eigenvalue weighted by Gasteiger charge is 2.16. The number of nitrogens with zero attached hydrogens (tertiary/aromatic N) is 2. The lowest BCUT2D eigenvalue weighted by molar-refractivity contribution is -0.142. The smallest absolute Gasteiger partial charge is 0.387 e. The zero-order chi connectivity index (χ0) is 23.1. The second-order valence-corrected chi connectivity index (χ2v) is 6.73. The van der Waals surface area contributed by atoms with Crippen LogP contribution in [-0.2, 0) is 14.3 Å². The first-order valence-electron chi connectivity index (χ1n) is 9.64. The first kappa shape index (κ1) is 22.7. The second kappa shape index (κ2) is 10.3. The van der Waals surface area contributed by atoms with Crippen molar-refractivity contribution < 1.29 is 27.8 Å². The van der Waals surface area contributed by atoms with Crippen LogP contribution in [0.5, 0.6) is 5.75 Å². The van der Waals surface area contributed by atoms with Crippen LogP contribution >= 0.6 is 0 Å². The molecule has 166 valence electrons. The number of rotatable bonds is 8. The van der Waals surface area contributed by atoms with Crippen LogP contribution in [0.1, 0.15) is 17.0 Å². The van der Waals surface area contributed by atoms with E-state index in [1.54, 1.807) is 11.6 Å². The van der Waals surface area contributed by atoms with E-state index < -0.39 is 25.1 Å². The van der Waals surface area contributed by atoms with E-state index in [1.807, 2.05) is 37.3 Å². The van der Waals surface area contributed by atoms with Crippen LogP contribution in [0, 0.1) is 13.8 Å². The summed E-state index contributed by atoms with van der Waals surface area (Å²) in [5.74, 6) is -1.21. The predicted octanol–water partition coefficient (Wildman–Crippen LogP) is 4.29. The maximum absolute atomic E-state index is 12.2. The molecule has 0 unspecified atom stereocenters. The second-order valence-electron chi connectivity index (χ2n) is 6.73. The molecular formula is C23H21F2N3O4. The third-order valence-electron chi connectivity index (χ3n) is 4.42. The van der Waals surface area contributed by atoms with Crippen molar-refractivity contribution in [2.75, 3.05) is 11.9 Å². The van der Waals surface area contributed by atoms with Crippen LogP contribution in [0.15, 0.2) is 60.7 Å². The minimum atomic E-state index is -2.90. The molecule has 1 aromatic heterocycles. The standard InChI is InChI=1S/C23H21F2N3O4/c1-15-22(16(2)28(27-15)18-6-4-3-5-7-18)26-20(29)14-31-21(30)13-10-17-8-11-19(12-9-17)32-23(24)25/h3-13,23H,14H2,1-2H3,(H,26,29)/b13-10+. The number of para-hydroxylation sites is 1. The number of carbonyl (C=O) groups is 2. The minimum Gasteiger partial charge on any atom is -0.452 e. The van der Waals surface area contributed by atoms with Crippen molar-refractivity contribution in [1.29, 1.82) is 0 Å². The van der Waals surface area contributed by atoms with Gasteiger partial charge in [0.1, 0.15) is 5.75 Å². The van der Waals surface area contributed by atoms with Crippen LogP contribution in [0.4, 0.5) is 14.5 Å². The number of carbonyl (C=O) groups excluding carboxylic acids is 2. The van der Waals surface area contributed by atoms with Gasteiger partial charge in [-0.05, 0) is 49.8 Å². The fraction of sp³-hybridized carbons (Fsp3) is 0.174. The van der Waals surface area contributed by atoms with Crippen molar-refractivity contribution in [1.82, 2.24) is 9.78 Å². The van der Waals surface area contributed by atoms with E-state index in [1.165, 1.54) is 30.3 Å². The van der Waals surface area contributed by atoms with Gasteiger partial charge in [0.25, 0.3) is 5.91 Å². The number of hydrogen-bond donors (Lipinski definition) is 1. The van der Waals surface area contributed by atoms with Gasteiger partial charge in [-0.1, -0.05) is 30.3 Å². The Morgan fingerprint density at radius 3 is 2.44 bits per heavy atom. The molecule has 0 aliphatic rings. The van der Waals surface area contributed by atoms with E-state index >= 15 is 0 Å². The Kier molecular flexibility index (Phi) is 7.33. The van der Waals surface area contributed by atoms with Crippen molar-refractivity contribution in [2.45, 2.75) is 20.5 Å². The lowest BCUT2D eigenvalue weighted by Gasteiger charge is -2.07. The number of nitrogens with one attached hydrogen (secondary N) is 1. The summed E-state index contributed by atoms with van der Waals surface area (Å²) in [6.07, 6.45) is 2.57. The summed E-state index contributed by atoms with van der Waals surface area (Å²) in [5.41, 5.74) is 3.36. The maximum atomic E-state index is 12.2. The molecule has 0 spiro atoms. The van der Waals surface area contributed by atoms with E-state index in [0.29, 0.717) is 16.9 Å². The van der Waals surface area contributed by atoms with E-state index in [0.717, 1.165) is 17.5 Å². The monoisotopic (exact) mass is 441 g/mol. The molecule has 0 aliphatic heterocycles. The highest BCUT2D eigenvalue weighted by Crippen LogP contribution is 2.22. The van der Waals surface area contributed by atoms with Crippen LogP contribution < -0.4 is 10.1 Å². The average molecular weight is 441 g/mol. The van der Waals surface area contributed by atoms with Crippen molar-refractivity contribution >= 4 is 23.6 Å². The molecule has 2 aromatic carbocycles. The minimum absolute atomic E-state index is 0.0116. The van der Waals surface area contributed by atoms with Gasteiger partial charge in [-0.2, -0.15) is 13.9 Å². The van der Waals surface area contributed by atoms with Crippen molar-refractivity contribution in [3.8, 4) is 11.4 Å². The van der Waals surface area contributed by atoms with E-state index in [9.17, 15) is 18.4 Å². The maximum Gasteiger partial charge on any atom is 0.387 e. The van der Waals surface area contributed by atoms with E-state index in [4.69, 9.17) is 4.74 Å². The number of anilines is 1. The fourth-order valence-corrected chi connectivity index (χ4v) is 2.93. The Hall–Kier alpha value is -4.01. The number of hydrogen-bond acceptors (Lipinski definition) is 5. The number of halogens is 2. The van der Waals surface area contributed by atoms with Crippen LogP contribution in [-0.4, -0.2) is 34.9 Å². The van der Waals surface area contributed by atoms with Crippen molar-refractivity contribution in [3.05, 3.63) is 77.6 Å². The highest BCUT2D eigenvalue weighted by atomic mass is 19.3. The lowest BCUT2D eigenvalue weighted by atomic mass is 10.2. The predicted molar refractivity (Wildman–Crippen MR) is 115 cm³/mol. The highest BCUT2D eigenvalue weighted by molar-refractivity contribution is 5.95. The lowest BCUT2D eigenvalue weighted by Crippen LogP contribution is -2.20. The molecule has 0 aliphatic carbocycles. The average Bonchev–Trinajstić information content (AvgIpc) is 3.05. The molecule has 1 N–H and O–H groups in total. The summed E-state index contributed by atoms with van der Waals surface area (Å²) in [7, 11) is 0. The topological polar surface area (TPSA) is 82.5 Å². The van der Waals surface area contributed by atoms with Crippen LogP contribution in [0.25, 0.3) is 11.8 Å². The molecule has 1 amide bonds. The molecule has 0 saturated heterocycles. The molecule has 32 heavy (non-hydrogen) atoms. The number of esters is 1. The zero-order valence-corrected chi connectivity index (χ0v) is 17.4. The molecular weight excluding hydrogens is 420 g/mol. The molecule has 0 fully saturated rings. The van der Waals surface area contributed by atoms with Crippen molar-refractivity contribution in [3.63, 3.8) is 0 Å². The van der Waals surface area contributed by atoms with Gasteiger partial charge in [-0.3, -0.25) is 4.79 Å². The van der Waals surface area contributed by atoms with Gasteiger partial charge in [0, 0.05) is 6.08 Å². The summed E-state index contributed by atoms with van der Waals surface area (Å²) in [6.45, 7) is 0.223. The summed E-state index contributed by atoms with van der Waals surface area (Å²) >= 11 is 0. The first-order valence-corrected chi connectivity index (χ1v) is 9.64. The molecule has 0 bridgehead atoms. The summed E-state index contributed by atoms with van der Waals surface area (Å²) < 4.78 is 35.2. The summed E-state index contributed by atoms with van der Waals surface area (Å²) in [5, 5.41) is 7.17. The number of amides is 1. The van der Waals surface area contributed by atoms with E-state index in [-0.39, 0.29) is 5.75 Å². The first-order chi connectivity index (χ1) is 15.3. The third-order valence-corrected chi connectivity index (χ3v) is 4.42. The van der Waals surface area contributed by atoms with Gasteiger partial charge in [-0.25, -0.2) is 9.48 Å². The summed E-state index contributed by atoms with van der Waals surface area (Å²) in [6, 6.07) is 15.2. The van der Waals surface area contributed by atoms with Gasteiger partial charge in [0.15, 0.2) is 6.61 Å². The number of ether oxygens (including phenoxy) is 2. The van der Waals surface area contributed by atoms with Gasteiger partial charge in [0.2, 0.25) is 0 Å². The van der Waals surface area contributed by atoms with Crippen LogP contribution in [0.2, 0.25) is 0 Å². The Bertz CT molecular complexity index is 1110. The molecule has 9 heteroatoms. The molecule has 0 radical (unpaired) electrons. The van der Waals surface area contributed by atoms with Gasteiger partial charge >= 0.3 is 12.6 Å². The quantitative estimate of drug-likeness (QED) is 0.417. The number of aromatic nitrogens is 2. The number of benzene rings is 2. The molecule has 0 atom stereocenters. The SMILES string of the molecule is Cc1nn(-c2ccccc2)c(C)c1NC(=O)COC(=O)/C=C/c1ccc(OC(F)F)cc1. The molecule has 3 aromatic rings. The summed E-state index contributed by atoms with van der Waals surface area (Å²) in [4.78, 5) is 24.1. The largest absolute Gasteiger partial charge is 0.452 e. The number of aryl methyl sites for hydroxylation is 1. The molecule has 7 nitrogen and oxygen atoms in total. The zero-order valence-electron chi connectivity index (χ0n) is 17.4. The Morgan fingerprint density at radius 2 is 1.78 bits per heavy atom. The normalized spacial score (nSPS) is 11.0. The Balaban J connectivity index is 1.53. The van der Waals surface area contributed by atoms with E-state index in [2.05, 4.69) is 15.2 Å². The van der Waals surface area contributed by atoms with Crippen molar-refractivity contribution in [2.24, 2.45) is 0 Å².